The van der Waals surface area contributed by atoms with Gasteiger partial charge in [0, 0.05) is 5.69 Å². The molecule has 182 valence electrons. The van der Waals surface area contributed by atoms with Gasteiger partial charge in [-0.05, 0) is 36.8 Å². The molecule has 2 saturated heterocycles. The summed E-state index contributed by atoms with van der Waals surface area (Å²) in [5.41, 5.74) is 3.09. The Morgan fingerprint density at radius 2 is 1.60 bits per heavy atom. The maximum atomic E-state index is 11.9. The summed E-state index contributed by atoms with van der Waals surface area (Å²) in [5, 5.41) is 2.56. The number of nitrogens with one attached hydrogen (secondary N) is 1. The number of nitrogens with zero attached hydrogens (tertiary/aromatic N) is 1. The lowest BCUT2D eigenvalue weighted by atomic mass is 10.1. The molecule has 8 nitrogen and oxygen atoms in total. The Hall–Kier alpha value is -4.20. The van der Waals surface area contributed by atoms with Crippen LogP contribution in [0.2, 0.25) is 0 Å². The van der Waals surface area contributed by atoms with Crippen molar-refractivity contribution in [1.29, 1.82) is 0 Å². The largest absolute Gasteiger partial charge is 0.493 e. The fourth-order valence-corrected chi connectivity index (χ4v) is 3.69. The van der Waals surface area contributed by atoms with Crippen LogP contribution in [0.3, 0.4) is 0 Å². The molecule has 3 aromatic carbocycles. The molecule has 2 heterocycles. The highest BCUT2D eigenvalue weighted by molar-refractivity contribution is 5.89. The van der Waals surface area contributed by atoms with Crippen LogP contribution in [0.5, 0.6) is 11.5 Å². The number of methoxy groups -OCH3 is 1. The van der Waals surface area contributed by atoms with Gasteiger partial charge in [0.2, 0.25) is 0 Å². The minimum absolute atomic E-state index is 0.185. The predicted octanol–water partition coefficient (Wildman–Crippen LogP) is 4.88. The second-order valence-corrected chi connectivity index (χ2v) is 8.10. The molecule has 1 N–H and O–H groups in total. The molecule has 0 spiro atoms. The molecule has 8 heteroatoms. The van der Waals surface area contributed by atoms with Crippen molar-refractivity contribution in [3.63, 3.8) is 0 Å². The van der Waals surface area contributed by atoms with Gasteiger partial charge in [-0.3, -0.25) is 4.90 Å². The van der Waals surface area contributed by atoms with Gasteiger partial charge < -0.3 is 24.3 Å². The molecule has 0 aliphatic carbocycles. The summed E-state index contributed by atoms with van der Waals surface area (Å²) in [4.78, 5) is 24.4. The Kier molecular flexibility index (Phi) is 7.72. The minimum atomic E-state index is -0.395. The van der Waals surface area contributed by atoms with Crippen LogP contribution in [0.4, 0.5) is 15.3 Å². The highest BCUT2D eigenvalue weighted by Crippen LogP contribution is 2.30. The van der Waals surface area contributed by atoms with Crippen molar-refractivity contribution in [2.75, 3.05) is 31.7 Å². The van der Waals surface area contributed by atoms with Crippen molar-refractivity contribution in [3.8, 4) is 11.5 Å². The Balaban J connectivity index is 0.000000168. The van der Waals surface area contributed by atoms with Crippen LogP contribution in [0, 0.1) is 6.92 Å². The zero-order chi connectivity index (χ0) is 24.6. The van der Waals surface area contributed by atoms with E-state index in [1.165, 1.54) is 5.56 Å². The third-order valence-electron chi connectivity index (χ3n) is 5.57. The van der Waals surface area contributed by atoms with E-state index >= 15 is 0 Å². The molecular weight excluding hydrogens is 448 g/mol. The Morgan fingerprint density at radius 3 is 2.26 bits per heavy atom. The third kappa shape index (κ3) is 6.23. The van der Waals surface area contributed by atoms with Crippen LogP contribution >= 0.6 is 0 Å². The molecule has 2 aliphatic heterocycles. The van der Waals surface area contributed by atoms with E-state index in [9.17, 15) is 9.59 Å². The number of para-hydroxylation sites is 2. The summed E-state index contributed by atoms with van der Waals surface area (Å²) in [6.45, 7) is 3.39. The zero-order valence-electron chi connectivity index (χ0n) is 19.7. The van der Waals surface area contributed by atoms with E-state index in [2.05, 4.69) is 5.32 Å². The van der Waals surface area contributed by atoms with Gasteiger partial charge in [0.25, 0.3) is 0 Å². The van der Waals surface area contributed by atoms with Crippen molar-refractivity contribution in [3.05, 3.63) is 90.0 Å². The minimum Gasteiger partial charge on any atom is -0.493 e. The topological polar surface area (TPSA) is 86.3 Å². The first kappa shape index (κ1) is 23.9. The average molecular weight is 477 g/mol. The first-order valence-corrected chi connectivity index (χ1v) is 11.3. The molecule has 3 aromatic rings. The normalized spacial score (nSPS) is 18.6. The summed E-state index contributed by atoms with van der Waals surface area (Å²) in [5.74, 6) is 1.31. The van der Waals surface area contributed by atoms with Crippen molar-refractivity contribution in [2.24, 2.45) is 0 Å². The van der Waals surface area contributed by atoms with E-state index in [0.29, 0.717) is 31.2 Å². The molecule has 0 saturated carbocycles. The van der Waals surface area contributed by atoms with Gasteiger partial charge in [0.15, 0.2) is 17.6 Å². The van der Waals surface area contributed by atoms with Gasteiger partial charge in [-0.15, -0.1) is 0 Å². The lowest BCUT2D eigenvalue weighted by Crippen LogP contribution is -2.23. The van der Waals surface area contributed by atoms with Crippen LogP contribution in [0.25, 0.3) is 0 Å². The molecule has 35 heavy (non-hydrogen) atoms. The van der Waals surface area contributed by atoms with Gasteiger partial charge in [-0.2, -0.15) is 0 Å². The number of aryl methyl sites for hydroxylation is 1. The number of ether oxygens (including phenoxy) is 4. The second-order valence-electron chi connectivity index (χ2n) is 8.10. The molecule has 0 aromatic heterocycles. The van der Waals surface area contributed by atoms with Crippen LogP contribution in [-0.4, -0.2) is 45.1 Å². The Morgan fingerprint density at radius 1 is 0.914 bits per heavy atom. The molecule has 5 rings (SSSR count). The van der Waals surface area contributed by atoms with E-state index in [1.54, 1.807) is 12.0 Å². The quantitative estimate of drug-likeness (QED) is 0.546. The predicted molar refractivity (Wildman–Crippen MR) is 131 cm³/mol. The molecular formula is C27H28N2O6. The third-order valence-corrected chi connectivity index (χ3v) is 5.57. The number of cyclic esters (lactones) is 2. The van der Waals surface area contributed by atoms with Crippen LogP contribution in [0.15, 0.2) is 78.9 Å². The van der Waals surface area contributed by atoms with Gasteiger partial charge in [-0.25, -0.2) is 9.59 Å². The SMILES string of the molecule is COc1ccccc1OCC1CNC(=O)O1.Cc1ccc(N2CC(c3ccccc3)OC2=O)cc1. The maximum absolute atomic E-state index is 11.9. The van der Waals surface area contributed by atoms with E-state index in [4.69, 9.17) is 18.9 Å². The number of alkyl carbamates (subject to hydrolysis) is 1. The number of amides is 2. The van der Waals surface area contributed by atoms with E-state index in [-0.39, 0.29) is 18.3 Å². The van der Waals surface area contributed by atoms with Gasteiger partial charge >= 0.3 is 12.2 Å². The molecule has 2 aliphatic rings. The van der Waals surface area contributed by atoms with E-state index < -0.39 is 6.09 Å². The van der Waals surface area contributed by atoms with Gasteiger partial charge in [0.05, 0.1) is 20.2 Å². The number of rotatable bonds is 6. The van der Waals surface area contributed by atoms with Crippen molar-refractivity contribution < 1.29 is 28.5 Å². The smallest absolute Gasteiger partial charge is 0.415 e. The summed E-state index contributed by atoms with van der Waals surface area (Å²) >= 11 is 0. The Bertz CT molecular complexity index is 1140. The summed E-state index contributed by atoms with van der Waals surface area (Å²) < 4.78 is 21.0. The molecule has 0 radical (unpaired) electrons. The fraction of sp³-hybridized carbons (Fsp3) is 0.259. The summed E-state index contributed by atoms with van der Waals surface area (Å²) in [6.07, 6.45) is -1.10. The summed E-state index contributed by atoms with van der Waals surface area (Å²) in [6, 6.07) is 25.1. The molecule has 2 fully saturated rings. The fourth-order valence-electron chi connectivity index (χ4n) is 3.69. The monoisotopic (exact) mass is 476 g/mol. The van der Waals surface area contributed by atoms with Gasteiger partial charge in [-0.1, -0.05) is 60.2 Å². The first-order chi connectivity index (χ1) is 17.0. The average Bonchev–Trinajstić information content (AvgIpc) is 3.49. The first-order valence-electron chi connectivity index (χ1n) is 11.3. The maximum Gasteiger partial charge on any atom is 0.415 e. The number of carbonyl (C=O) groups is 2. The molecule has 2 amide bonds. The van der Waals surface area contributed by atoms with Crippen molar-refractivity contribution >= 4 is 17.9 Å². The molecule has 0 bridgehead atoms. The lowest BCUT2D eigenvalue weighted by molar-refractivity contribution is 0.103. The zero-order valence-corrected chi connectivity index (χ0v) is 19.7. The number of hydrogen-bond acceptors (Lipinski definition) is 6. The number of benzene rings is 3. The number of hydrogen-bond donors (Lipinski definition) is 1. The highest BCUT2D eigenvalue weighted by Gasteiger charge is 2.33. The van der Waals surface area contributed by atoms with Crippen LogP contribution in [0.1, 0.15) is 17.2 Å². The summed E-state index contributed by atoms with van der Waals surface area (Å²) in [7, 11) is 1.58. The molecule has 2 atom stereocenters. The molecule has 2 unspecified atom stereocenters. The van der Waals surface area contributed by atoms with Crippen molar-refractivity contribution in [2.45, 2.75) is 19.1 Å². The standard InChI is InChI=1S/C16H15NO2.C11H13NO4/c1-12-7-9-14(10-8-12)17-11-15(19-16(17)18)13-5-3-2-4-6-13;1-14-9-4-2-3-5-10(9)15-7-8-6-12-11(13)16-8/h2-10,15H,11H2,1H3;2-5,8H,6-7H2,1H3,(H,12,13). The number of carbonyl (C=O) groups excluding carboxylic acids is 2. The lowest BCUT2D eigenvalue weighted by Gasteiger charge is -2.13. The van der Waals surface area contributed by atoms with Crippen LogP contribution < -0.4 is 19.7 Å². The second kappa shape index (κ2) is 11.3. The van der Waals surface area contributed by atoms with Crippen molar-refractivity contribution in [1.82, 2.24) is 5.32 Å². The highest BCUT2D eigenvalue weighted by atomic mass is 16.6. The number of anilines is 1. The van der Waals surface area contributed by atoms with Gasteiger partial charge in [0.1, 0.15) is 12.7 Å². The van der Waals surface area contributed by atoms with E-state index in [1.807, 2.05) is 85.8 Å². The Labute approximate surface area is 204 Å². The van der Waals surface area contributed by atoms with Crippen LogP contribution in [-0.2, 0) is 9.47 Å². The van der Waals surface area contributed by atoms with E-state index in [0.717, 1.165) is 11.3 Å².